The van der Waals surface area contributed by atoms with Crippen molar-refractivity contribution in [1.82, 2.24) is 0 Å². The van der Waals surface area contributed by atoms with E-state index in [1.807, 2.05) is 18.2 Å². The maximum Gasteiger partial charge on any atom is 0.304 e. The number of carbonyl (C=O) groups is 1. The van der Waals surface area contributed by atoms with Gasteiger partial charge in [-0.15, -0.1) is 0 Å². The van der Waals surface area contributed by atoms with Crippen LogP contribution >= 0.6 is 27.5 Å². The lowest BCUT2D eigenvalue weighted by atomic mass is 9.93. The van der Waals surface area contributed by atoms with Crippen LogP contribution in [-0.2, 0) is 10.2 Å². The second-order valence-electron chi connectivity index (χ2n) is 4.01. The molecule has 0 saturated heterocycles. The highest BCUT2D eigenvalue weighted by atomic mass is 79.9. The van der Waals surface area contributed by atoms with Crippen LogP contribution in [0.5, 0.6) is 0 Å². The molecule has 80 valence electrons. The molecule has 1 saturated carbocycles. The van der Waals surface area contributed by atoms with Crippen LogP contribution in [0.1, 0.15) is 24.8 Å². The molecule has 1 fully saturated rings. The van der Waals surface area contributed by atoms with Gasteiger partial charge < -0.3 is 5.11 Å². The van der Waals surface area contributed by atoms with Crippen molar-refractivity contribution < 1.29 is 9.90 Å². The third kappa shape index (κ3) is 2.34. The quantitative estimate of drug-likeness (QED) is 0.923. The maximum atomic E-state index is 10.8. The predicted octanol–water partition coefficient (Wildman–Crippen LogP) is 3.61. The Balaban J connectivity index is 2.32. The Morgan fingerprint density at radius 2 is 2.13 bits per heavy atom. The third-order valence-corrected chi connectivity index (χ3v) is 3.49. The van der Waals surface area contributed by atoms with Crippen molar-refractivity contribution in [2.24, 2.45) is 0 Å². The van der Waals surface area contributed by atoms with E-state index in [-0.39, 0.29) is 11.8 Å². The first kappa shape index (κ1) is 11.0. The van der Waals surface area contributed by atoms with Crippen LogP contribution in [0, 0.1) is 0 Å². The topological polar surface area (TPSA) is 37.3 Å². The number of hydrogen-bond acceptors (Lipinski definition) is 1. The first-order valence-electron chi connectivity index (χ1n) is 4.70. The number of aliphatic carboxylic acids is 1. The Morgan fingerprint density at radius 3 is 2.60 bits per heavy atom. The smallest absolute Gasteiger partial charge is 0.304 e. The van der Waals surface area contributed by atoms with Gasteiger partial charge in [0.2, 0.25) is 0 Å². The number of carboxylic acids is 1. The molecule has 1 N–H and O–H groups in total. The van der Waals surface area contributed by atoms with Gasteiger partial charge in [-0.2, -0.15) is 0 Å². The van der Waals surface area contributed by atoms with E-state index in [4.69, 9.17) is 16.7 Å². The predicted molar refractivity (Wildman–Crippen MR) is 62.3 cm³/mol. The summed E-state index contributed by atoms with van der Waals surface area (Å²) in [7, 11) is 0. The summed E-state index contributed by atoms with van der Waals surface area (Å²) in [5.74, 6) is -0.747. The van der Waals surface area contributed by atoms with E-state index in [9.17, 15) is 4.79 Å². The van der Waals surface area contributed by atoms with E-state index < -0.39 is 5.97 Å². The lowest BCUT2D eigenvalue weighted by Gasteiger charge is -2.13. The van der Waals surface area contributed by atoms with Gasteiger partial charge >= 0.3 is 5.97 Å². The summed E-state index contributed by atoms with van der Waals surface area (Å²) in [4.78, 5) is 10.8. The molecule has 1 aromatic rings. The molecule has 2 rings (SSSR count). The minimum absolute atomic E-state index is 0.167. The molecule has 4 heteroatoms. The van der Waals surface area contributed by atoms with Crippen LogP contribution in [0.4, 0.5) is 0 Å². The molecule has 1 aromatic carbocycles. The van der Waals surface area contributed by atoms with E-state index in [0.29, 0.717) is 5.02 Å². The highest BCUT2D eigenvalue weighted by Crippen LogP contribution is 2.51. The fourth-order valence-corrected chi connectivity index (χ4v) is 2.73. The van der Waals surface area contributed by atoms with Crippen LogP contribution < -0.4 is 0 Å². The van der Waals surface area contributed by atoms with Crippen LogP contribution in [0.2, 0.25) is 5.02 Å². The van der Waals surface area contributed by atoms with Gasteiger partial charge in [0.15, 0.2) is 0 Å². The molecule has 1 aliphatic carbocycles. The molecule has 0 atom stereocenters. The Kier molecular flexibility index (Phi) is 2.77. The highest BCUT2D eigenvalue weighted by Gasteiger charge is 2.46. The van der Waals surface area contributed by atoms with Crippen molar-refractivity contribution in [3.63, 3.8) is 0 Å². The Bertz CT molecular complexity index is 393. The molecule has 15 heavy (non-hydrogen) atoms. The summed E-state index contributed by atoms with van der Waals surface area (Å²) >= 11 is 9.31. The number of rotatable bonds is 3. The Labute approximate surface area is 101 Å². The lowest BCUT2D eigenvalue weighted by molar-refractivity contribution is -0.137. The average molecular weight is 290 g/mol. The maximum absolute atomic E-state index is 10.8. The molecule has 0 unspecified atom stereocenters. The van der Waals surface area contributed by atoms with Crippen molar-refractivity contribution in [2.75, 3.05) is 0 Å². The van der Waals surface area contributed by atoms with Gasteiger partial charge in [0.1, 0.15) is 0 Å². The summed E-state index contributed by atoms with van der Waals surface area (Å²) in [6.45, 7) is 0. The second-order valence-corrected chi connectivity index (χ2v) is 5.36. The van der Waals surface area contributed by atoms with Crippen molar-refractivity contribution in [1.29, 1.82) is 0 Å². The Morgan fingerprint density at radius 1 is 1.47 bits per heavy atom. The molecule has 0 amide bonds. The van der Waals surface area contributed by atoms with Gasteiger partial charge in [-0.25, -0.2) is 0 Å². The van der Waals surface area contributed by atoms with E-state index in [2.05, 4.69) is 15.9 Å². The van der Waals surface area contributed by atoms with Crippen molar-refractivity contribution in [3.05, 3.63) is 33.3 Å². The van der Waals surface area contributed by atoms with E-state index in [1.54, 1.807) is 0 Å². The van der Waals surface area contributed by atoms with Gasteiger partial charge in [-0.3, -0.25) is 4.79 Å². The molecule has 2 nitrogen and oxygen atoms in total. The molecule has 0 aliphatic heterocycles. The number of carboxylic acid groups (broad SMARTS) is 1. The van der Waals surface area contributed by atoms with Crippen molar-refractivity contribution in [2.45, 2.75) is 24.7 Å². The fourth-order valence-electron chi connectivity index (χ4n) is 1.87. The van der Waals surface area contributed by atoms with E-state index in [1.165, 1.54) is 0 Å². The van der Waals surface area contributed by atoms with Gasteiger partial charge in [-0.1, -0.05) is 27.5 Å². The van der Waals surface area contributed by atoms with Gasteiger partial charge in [0.05, 0.1) is 6.42 Å². The molecule has 0 radical (unpaired) electrons. The summed E-state index contributed by atoms with van der Waals surface area (Å²) in [6.07, 6.45) is 2.07. The average Bonchev–Trinajstić information content (AvgIpc) is 2.82. The number of hydrogen-bond donors (Lipinski definition) is 1. The SMILES string of the molecule is O=C(O)CC1(c2cc(Cl)cc(Br)c2)CC1. The van der Waals surface area contributed by atoms with E-state index in [0.717, 1.165) is 22.9 Å². The summed E-state index contributed by atoms with van der Waals surface area (Å²) in [5, 5.41) is 9.49. The largest absolute Gasteiger partial charge is 0.481 e. The second kappa shape index (κ2) is 3.80. The van der Waals surface area contributed by atoms with Gasteiger partial charge in [0, 0.05) is 14.9 Å². The van der Waals surface area contributed by atoms with Crippen molar-refractivity contribution in [3.8, 4) is 0 Å². The summed E-state index contributed by atoms with van der Waals surface area (Å²) in [6, 6.07) is 5.63. The van der Waals surface area contributed by atoms with Gasteiger partial charge in [0.25, 0.3) is 0 Å². The first-order chi connectivity index (χ1) is 7.02. The molecule has 0 spiro atoms. The van der Waals surface area contributed by atoms with Crippen LogP contribution in [-0.4, -0.2) is 11.1 Å². The highest BCUT2D eigenvalue weighted by molar-refractivity contribution is 9.10. The number of halogens is 2. The summed E-state index contributed by atoms with van der Waals surface area (Å²) in [5.41, 5.74) is 0.864. The molecule has 0 bridgehead atoms. The lowest BCUT2D eigenvalue weighted by Crippen LogP contribution is -2.12. The molecular formula is C11H10BrClO2. The monoisotopic (exact) mass is 288 g/mol. The van der Waals surface area contributed by atoms with Gasteiger partial charge in [-0.05, 0) is 36.6 Å². The van der Waals surface area contributed by atoms with Crippen LogP contribution in [0.3, 0.4) is 0 Å². The fraction of sp³-hybridized carbons (Fsp3) is 0.364. The van der Waals surface area contributed by atoms with Crippen LogP contribution in [0.15, 0.2) is 22.7 Å². The molecule has 0 heterocycles. The van der Waals surface area contributed by atoms with Crippen molar-refractivity contribution >= 4 is 33.5 Å². The third-order valence-electron chi connectivity index (χ3n) is 2.82. The van der Waals surface area contributed by atoms with E-state index >= 15 is 0 Å². The number of benzene rings is 1. The molecule has 1 aliphatic rings. The minimum Gasteiger partial charge on any atom is -0.481 e. The minimum atomic E-state index is -0.747. The zero-order valence-electron chi connectivity index (χ0n) is 7.96. The zero-order chi connectivity index (χ0) is 11.1. The zero-order valence-corrected chi connectivity index (χ0v) is 10.3. The normalized spacial score (nSPS) is 17.5. The van der Waals surface area contributed by atoms with Crippen LogP contribution in [0.25, 0.3) is 0 Å². The Hall–Kier alpha value is -0.540. The molecule has 0 aromatic heterocycles. The first-order valence-corrected chi connectivity index (χ1v) is 5.87. The molecular weight excluding hydrogens is 279 g/mol. The standard InChI is InChI=1S/C11H10BrClO2/c12-8-3-7(4-9(13)5-8)11(1-2-11)6-10(14)15/h3-5H,1-2,6H2,(H,14,15). The summed E-state index contributed by atoms with van der Waals surface area (Å²) < 4.78 is 0.904.